The molecule has 0 spiro atoms. The van der Waals surface area contributed by atoms with E-state index >= 15 is 0 Å². The van der Waals surface area contributed by atoms with Crippen LogP contribution in [0.25, 0.3) is 0 Å². The largest absolute Gasteiger partial charge is 0.444 e. The molecule has 0 radical (unpaired) electrons. The normalized spacial score (nSPS) is 17.3. The molecular weight excluding hydrogens is 1250 g/mol. The lowest BCUT2D eigenvalue weighted by Crippen LogP contribution is -2.43. The molecule has 7 aromatic carbocycles. The topological polar surface area (TPSA) is 241 Å². The highest BCUT2D eigenvalue weighted by atomic mass is 31.2. The summed E-state index contributed by atoms with van der Waals surface area (Å²) < 4.78 is 78.7. The van der Waals surface area contributed by atoms with Gasteiger partial charge in [-0.05, 0) is 77.1 Å². The molecule has 2 aliphatic rings. The Kier molecular flexibility index (Phi) is 28.2. The molecule has 22 nitrogen and oxygen atoms in total. The molecule has 0 bridgehead atoms. The maximum Gasteiger partial charge on any atom is 0.437 e. The summed E-state index contributed by atoms with van der Waals surface area (Å²) in [6.45, 7) is 1.44. The molecule has 1 aromatic heterocycles. The fourth-order valence-electron chi connectivity index (χ4n) is 9.68. The predicted octanol–water partition coefficient (Wildman–Crippen LogP) is 14.1. The number of benzene rings is 7. The SMILES string of the molecule is O=C(N=C(NCCCCN=c1nc(NC(=O)OCc2ccccc2)ccn1[C@@H]1O[C@H](COP(OCc2ccccc2)OCc2ccccc2)[C@@H](OP(OCc2ccccc2)OCc2ccccc2)[C@H]1OC1CCCCO1)NC(=O)OCc1ccccc1)OCc1ccccc1. The molecule has 24 heteroatoms. The first-order valence-corrected chi connectivity index (χ1v) is 33.6. The fourth-order valence-corrected chi connectivity index (χ4v) is 11.8. The highest BCUT2D eigenvalue weighted by Gasteiger charge is 2.51. The molecule has 2 saturated heterocycles. The number of hydrogen-bond acceptors (Lipinski definition) is 17. The standard InChI is InChI=1S/C71H77N7O15P2/c79-69(83-46-54-26-8-1-9-27-54)75-62-41-44-78(68(74-62)73-43-24-23-42-72-67(76-70(80)84-47-55-28-10-2-11-29-55)77-71(81)85-48-56-30-12-3-13-31-56)66-65(92-63-40-22-25-45-82-63)64(93-95(88-51-59-36-18-6-19-37-59)89-52-60-38-20-7-21-39-60)61(91-66)53-90-94(86-49-57-32-14-4-15-33-57)87-50-58-34-16-5-17-35-58/h1-21,26-39,41,44,61,63-66H,22-25,40,42-43,45-53H2,(H,73,74,75,79)(H2,72,76,77,80,81)/t61-,63?,64-,65-,66-/m1/s1. The quantitative estimate of drug-likeness (QED) is 0.0117. The van der Waals surface area contributed by atoms with Crippen LogP contribution >= 0.6 is 17.2 Å². The number of nitrogens with zero attached hydrogens (tertiary/aromatic N) is 4. The van der Waals surface area contributed by atoms with E-state index in [1.54, 1.807) is 16.8 Å². The molecule has 2 fully saturated rings. The van der Waals surface area contributed by atoms with Gasteiger partial charge in [0.25, 0.3) is 0 Å². The van der Waals surface area contributed by atoms with Gasteiger partial charge in [0.2, 0.25) is 11.6 Å². The summed E-state index contributed by atoms with van der Waals surface area (Å²) >= 11 is 0. The number of rotatable bonds is 32. The van der Waals surface area contributed by atoms with Crippen molar-refractivity contribution in [2.45, 2.75) is 109 Å². The summed E-state index contributed by atoms with van der Waals surface area (Å²) in [6.07, 6.45) is -2.27. The van der Waals surface area contributed by atoms with Crippen molar-refractivity contribution < 1.29 is 69.9 Å². The van der Waals surface area contributed by atoms with E-state index in [0.717, 1.165) is 51.8 Å². The second kappa shape index (κ2) is 38.7. The number of carbonyl (C=O) groups excluding carboxylic acids is 3. The molecule has 5 atom stereocenters. The third-order valence-electron chi connectivity index (χ3n) is 14.5. The average molecular weight is 1330 g/mol. The lowest BCUT2D eigenvalue weighted by molar-refractivity contribution is -0.214. The number of aromatic nitrogens is 2. The zero-order valence-corrected chi connectivity index (χ0v) is 54.2. The summed E-state index contributed by atoms with van der Waals surface area (Å²) in [6, 6.07) is 68.2. The Balaban J connectivity index is 0.944. The van der Waals surface area contributed by atoms with Crippen molar-refractivity contribution in [2.75, 3.05) is 31.6 Å². The van der Waals surface area contributed by atoms with Crippen LogP contribution in [0, 0.1) is 0 Å². The second-order valence-electron chi connectivity index (χ2n) is 21.7. The number of unbranched alkanes of at least 4 members (excludes halogenated alkanes) is 1. The molecule has 10 rings (SSSR count). The molecule has 95 heavy (non-hydrogen) atoms. The Morgan fingerprint density at radius 1 is 0.526 bits per heavy atom. The third-order valence-corrected chi connectivity index (χ3v) is 16.7. The number of guanidine groups is 1. The first kappa shape index (κ1) is 69.2. The van der Waals surface area contributed by atoms with Gasteiger partial charge in [0.05, 0.1) is 33.0 Å². The van der Waals surface area contributed by atoms with Crippen LogP contribution in [-0.2, 0) is 102 Å². The van der Waals surface area contributed by atoms with E-state index in [1.807, 2.05) is 212 Å². The van der Waals surface area contributed by atoms with Crippen LogP contribution in [0.1, 0.15) is 77.3 Å². The molecule has 3 amide bonds. The van der Waals surface area contributed by atoms with E-state index in [2.05, 4.69) is 20.9 Å². The van der Waals surface area contributed by atoms with Gasteiger partial charge in [-0.2, -0.15) is 4.98 Å². The van der Waals surface area contributed by atoms with Gasteiger partial charge in [-0.15, -0.1) is 4.99 Å². The van der Waals surface area contributed by atoms with Gasteiger partial charge in [-0.3, -0.25) is 20.2 Å². The minimum atomic E-state index is -2.17. The maximum atomic E-state index is 13.5. The Morgan fingerprint density at radius 3 is 1.49 bits per heavy atom. The van der Waals surface area contributed by atoms with Crippen molar-refractivity contribution >= 4 is 47.3 Å². The zero-order valence-electron chi connectivity index (χ0n) is 52.4. The molecule has 0 saturated carbocycles. The smallest absolute Gasteiger partial charge is 0.437 e. The summed E-state index contributed by atoms with van der Waals surface area (Å²) in [5.41, 5.74) is 6.11. The van der Waals surface area contributed by atoms with Gasteiger partial charge < -0.3 is 60.9 Å². The van der Waals surface area contributed by atoms with Gasteiger partial charge in [0, 0.05) is 25.9 Å². The molecule has 3 heterocycles. The van der Waals surface area contributed by atoms with E-state index in [0.29, 0.717) is 25.9 Å². The zero-order chi connectivity index (χ0) is 65.3. The van der Waals surface area contributed by atoms with Crippen LogP contribution in [-0.4, -0.2) is 84.7 Å². The van der Waals surface area contributed by atoms with Gasteiger partial charge >= 0.3 is 35.5 Å². The Labute approximate surface area is 554 Å². The lowest BCUT2D eigenvalue weighted by atomic mass is 10.1. The number of ether oxygens (including phenoxy) is 6. The van der Waals surface area contributed by atoms with E-state index in [1.165, 1.54) is 0 Å². The van der Waals surface area contributed by atoms with Crippen molar-refractivity contribution in [2.24, 2.45) is 9.98 Å². The monoisotopic (exact) mass is 1330 g/mol. The number of carbonyl (C=O) groups is 3. The Morgan fingerprint density at radius 2 is 1.00 bits per heavy atom. The van der Waals surface area contributed by atoms with Crippen molar-refractivity contribution in [3.63, 3.8) is 0 Å². The summed E-state index contributed by atoms with van der Waals surface area (Å²) in [7, 11) is -4.21. The molecule has 3 N–H and O–H groups in total. The lowest BCUT2D eigenvalue weighted by Gasteiger charge is -2.32. The number of hydrogen-bond donors (Lipinski definition) is 3. The number of aliphatic imine (C=N–C) groups is 1. The minimum absolute atomic E-state index is 0.0159. The molecule has 8 aromatic rings. The Bertz CT molecular complexity index is 3560. The summed E-state index contributed by atoms with van der Waals surface area (Å²) in [5, 5.41) is 8.37. The number of alkyl carbamates (subject to hydrolysis) is 1. The minimum Gasteiger partial charge on any atom is -0.444 e. The first-order valence-electron chi connectivity index (χ1n) is 31.4. The summed E-state index contributed by atoms with van der Waals surface area (Å²) in [5.74, 6) is -0.0394. The van der Waals surface area contributed by atoms with Crippen LogP contribution in [0.5, 0.6) is 0 Å². The van der Waals surface area contributed by atoms with Gasteiger partial charge in [0.1, 0.15) is 44.0 Å². The van der Waals surface area contributed by atoms with Gasteiger partial charge in [0.15, 0.2) is 12.5 Å². The summed E-state index contributed by atoms with van der Waals surface area (Å²) in [4.78, 5) is 53.6. The second-order valence-corrected chi connectivity index (χ2v) is 24.1. The van der Waals surface area contributed by atoms with Crippen LogP contribution < -0.4 is 21.6 Å². The third kappa shape index (κ3) is 24.0. The van der Waals surface area contributed by atoms with E-state index in [-0.39, 0.29) is 83.3 Å². The van der Waals surface area contributed by atoms with Crippen LogP contribution in [0.2, 0.25) is 0 Å². The first-order chi connectivity index (χ1) is 46.8. The highest BCUT2D eigenvalue weighted by Crippen LogP contribution is 2.50. The average Bonchev–Trinajstić information content (AvgIpc) is 1.65. The van der Waals surface area contributed by atoms with Crippen molar-refractivity contribution in [3.05, 3.63) is 269 Å². The molecule has 496 valence electrons. The molecule has 0 aliphatic carbocycles. The van der Waals surface area contributed by atoms with Crippen LogP contribution in [0.4, 0.5) is 20.2 Å². The predicted molar refractivity (Wildman–Crippen MR) is 356 cm³/mol. The van der Waals surface area contributed by atoms with E-state index < -0.39 is 66.3 Å². The van der Waals surface area contributed by atoms with E-state index in [4.69, 9.17) is 65.5 Å². The van der Waals surface area contributed by atoms with Gasteiger partial charge in [-0.25, -0.2) is 14.4 Å². The van der Waals surface area contributed by atoms with Gasteiger partial charge in [-0.1, -0.05) is 212 Å². The molecule has 1 unspecified atom stereocenters. The number of amides is 3. The molecule has 2 aliphatic heterocycles. The van der Waals surface area contributed by atoms with E-state index in [9.17, 15) is 14.4 Å². The number of nitrogens with one attached hydrogen (secondary N) is 3. The molecular formula is C71H77N7O15P2. The van der Waals surface area contributed by atoms with Crippen molar-refractivity contribution in [3.8, 4) is 0 Å². The van der Waals surface area contributed by atoms with Crippen molar-refractivity contribution in [1.82, 2.24) is 20.2 Å². The number of anilines is 1. The van der Waals surface area contributed by atoms with Crippen LogP contribution in [0.15, 0.2) is 235 Å². The Hall–Kier alpha value is -8.60. The van der Waals surface area contributed by atoms with Crippen LogP contribution in [0.3, 0.4) is 0 Å². The van der Waals surface area contributed by atoms with Crippen molar-refractivity contribution in [1.29, 1.82) is 0 Å². The highest BCUT2D eigenvalue weighted by molar-refractivity contribution is 7.41. The maximum absolute atomic E-state index is 13.5. The fraction of sp³-hybridized carbons (Fsp3) is 0.296.